The predicted octanol–water partition coefficient (Wildman–Crippen LogP) is 3.54. The number of carbonyl (C=O) groups excluding carboxylic acids is 1. The lowest BCUT2D eigenvalue weighted by molar-refractivity contribution is -0.131. The second kappa shape index (κ2) is 6.82. The van der Waals surface area contributed by atoms with Crippen molar-refractivity contribution in [1.29, 1.82) is 0 Å². The maximum absolute atomic E-state index is 12.3. The van der Waals surface area contributed by atoms with Crippen molar-refractivity contribution in [3.05, 3.63) is 12.2 Å². The summed E-state index contributed by atoms with van der Waals surface area (Å²) in [4.78, 5) is 12.3. The number of aliphatic hydroxyl groups is 1. The molecule has 0 spiro atoms. The van der Waals surface area contributed by atoms with Crippen LogP contribution in [0, 0.1) is 5.92 Å². The Bertz CT molecular complexity index is 329. The fourth-order valence-electron chi connectivity index (χ4n) is 1.58. The van der Waals surface area contributed by atoms with Crippen molar-refractivity contribution in [2.75, 3.05) is 0 Å². The van der Waals surface area contributed by atoms with Crippen LogP contribution in [0.25, 0.3) is 0 Å². The third-order valence-electron chi connectivity index (χ3n) is 4.03. The summed E-state index contributed by atoms with van der Waals surface area (Å²) in [6.45, 7) is 16.1. The van der Waals surface area contributed by atoms with E-state index in [0.29, 0.717) is 0 Å². The van der Waals surface area contributed by atoms with Gasteiger partial charge in [0.2, 0.25) is 0 Å². The van der Waals surface area contributed by atoms with Crippen molar-refractivity contribution in [2.24, 2.45) is 5.92 Å². The number of ketones is 1. The van der Waals surface area contributed by atoms with E-state index in [1.807, 2.05) is 6.92 Å². The Kier molecular flexibility index (Phi) is 6.65. The molecule has 1 N–H and O–H groups in total. The summed E-state index contributed by atoms with van der Waals surface area (Å²) in [5.74, 6) is -0.466. The van der Waals surface area contributed by atoms with Gasteiger partial charge >= 0.3 is 0 Å². The van der Waals surface area contributed by atoms with Crippen LogP contribution in [-0.2, 0) is 9.22 Å². The maximum Gasteiger partial charge on any atom is 0.193 e. The van der Waals surface area contributed by atoms with Gasteiger partial charge in [0.15, 0.2) is 14.1 Å². The number of carbonyl (C=O) groups is 1. The van der Waals surface area contributed by atoms with Gasteiger partial charge in [0.05, 0.1) is 6.10 Å². The normalized spacial score (nSPS) is 18.4. The quantitative estimate of drug-likeness (QED) is 0.600. The zero-order valence-electron chi connectivity index (χ0n) is 13.7. The average molecular weight is 286 g/mol. The Morgan fingerprint density at radius 3 is 2.11 bits per heavy atom. The van der Waals surface area contributed by atoms with Gasteiger partial charge in [0.1, 0.15) is 6.10 Å². The minimum atomic E-state index is -1.95. The average Bonchev–Trinajstić information content (AvgIpc) is 2.25. The minimum absolute atomic E-state index is 0.0320. The molecule has 0 aliphatic heterocycles. The smallest absolute Gasteiger partial charge is 0.193 e. The number of Topliss-reactive ketones (excluding diaryl/α,β-unsaturated/α-hetero) is 1. The maximum atomic E-state index is 12.3. The number of aliphatic hydroxyl groups excluding tert-OH is 1. The highest BCUT2D eigenvalue weighted by Gasteiger charge is 2.40. The first-order valence-corrected chi connectivity index (χ1v) is 9.87. The van der Waals surface area contributed by atoms with E-state index >= 15 is 0 Å². The summed E-state index contributed by atoms with van der Waals surface area (Å²) < 4.78 is 6.07. The zero-order valence-corrected chi connectivity index (χ0v) is 14.7. The Morgan fingerprint density at radius 2 is 1.74 bits per heavy atom. The fraction of sp³-hybridized carbons (Fsp3) is 0.800. The summed E-state index contributed by atoms with van der Waals surface area (Å²) in [6.07, 6.45) is 2.20. The molecule has 0 saturated carbocycles. The van der Waals surface area contributed by atoms with E-state index in [-0.39, 0.29) is 10.8 Å². The van der Waals surface area contributed by atoms with Crippen molar-refractivity contribution in [3.63, 3.8) is 0 Å². The summed E-state index contributed by atoms with van der Waals surface area (Å²) in [7, 11) is -1.95. The molecular weight excluding hydrogens is 256 g/mol. The van der Waals surface area contributed by atoms with Crippen LogP contribution in [0.4, 0.5) is 0 Å². The molecule has 112 valence electrons. The molecule has 0 radical (unpaired) electrons. The van der Waals surface area contributed by atoms with Crippen LogP contribution in [0.2, 0.25) is 18.1 Å². The van der Waals surface area contributed by atoms with Gasteiger partial charge < -0.3 is 9.53 Å². The van der Waals surface area contributed by atoms with Gasteiger partial charge in [0.25, 0.3) is 0 Å². The van der Waals surface area contributed by atoms with Gasteiger partial charge in [0, 0.05) is 5.92 Å². The summed E-state index contributed by atoms with van der Waals surface area (Å²) in [5, 5.41) is 9.92. The van der Waals surface area contributed by atoms with Crippen LogP contribution in [0.5, 0.6) is 0 Å². The molecule has 19 heavy (non-hydrogen) atoms. The number of hydrogen-bond donors (Lipinski definition) is 1. The number of hydrogen-bond acceptors (Lipinski definition) is 3. The second-order valence-electron chi connectivity index (χ2n) is 6.73. The highest BCUT2D eigenvalue weighted by atomic mass is 28.4. The van der Waals surface area contributed by atoms with E-state index < -0.39 is 26.4 Å². The molecule has 0 aromatic rings. The van der Waals surface area contributed by atoms with Crippen molar-refractivity contribution in [2.45, 2.75) is 71.9 Å². The lowest BCUT2D eigenvalue weighted by Crippen LogP contribution is -2.46. The molecule has 0 heterocycles. The Hall–Kier alpha value is -0.453. The van der Waals surface area contributed by atoms with E-state index in [1.165, 1.54) is 0 Å². The standard InChI is InChI=1S/C15H30O3Si/c1-9-10-13(16)11(2)14(17)12(3)18-19(7,8)15(4,5)6/h9-13,16H,1-8H3/b10-9+/t11-,12+,13+/m1/s1. The van der Waals surface area contributed by atoms with E-state index in [0.717, 1.165) is 0 Å². The first kappa shape index (κ1) is 18.5. The predicted molar refractivity (Wildman–Crippen MR) is 82.7 cm³/mol. The van der Waals surface area contributed by atoms with Crippen molar-refractivity contribution in [3.8, 4) is 0 Å². The van der Waals surface area contributed by atoms with E-state index in [1.54, 1.807) is 26.0 Å². The van der Waals surface area contributed by atoms with Crippen LogP contribution in [0.3, 0.4) is 0 Å². The highest BCUT2D eigenvalue weighted by molar-refractivity contribution is 6.74. The fourth-order valence-corrected chi connectivity index (χ4v) is 2.93. The molecule has 0 aliphatic carbocycles. The molecule has 0 amide bonds. The van der Waals surface area contributed by atoms with E-state index in [9.17, 15) is 9.90 Å². The Balaban J connectivity index is 4.76. The van der Waals surface area contributed by atoms with E-state index in [4.69, 9.17) is 4.43 Å². The lowest BCUT2D eigenvalue weighted by atomic mass is 9.96. The minimum Gasteiger partial charge on any atom is -0.407 e. The molecule has 0 aromatic carbocycles. The first-order chi connectivity index (χ1) is 8.44. The Morgan fingerprint density at radius 1 is 1.26 bits per heavy atom. The van der Waals surface area contributed by atoms with Crippen LogP contribution in [-0.4, -0.2) is 31.4 Å². The van der Waals surface area contributed by atoms with Crippen molar-refractivity contribution >= 4 is 14.1 Å². The van der Waals surface area contributed by atoms with Crippen LogP contribution >= 0.6 is 0 Å². The van der Waals surface area contributed by atoms with Gasteiger partial charge in [-0.05, 0) is 32.0 Å². The third kappa shape index (κ3) is 5.20. The largest absolute Gasteiger partial charge is 0.407 e. The molecule has 0 bridgehead atoms. The van der Waals surface area contributed by atoms with Crippen LogP contribution < -0.4 is 0 Å². The van der Waals surface area contributed by atoms with Crippen LogP contribution in [0.1, 0.15) is 41.5 Å². The highest BCUT2D eigenvalue weighted by Crippen LogP contribution is 2.37. The molecule has 0 aliphatic rings. The molecule has 3 atom stereocenters. The number of allylic oxidation sites excluding steroid dienone is 1. The molecule has 0 unspecified atom stereocenters. The van der Waals surface area contributed by atoms with E-state index in [2.05, 4.69) is 33.9 Å². The second-order valence-corrected chi connectivity index (χ2v) is 11.5. The molecule has 0 aromatic heterocycles. The SMILES string of the molecule is C/C=C/[C@H](O)[C@@H](C)C(=O)[C@H](C)O[Si](C)(C)C(C)(C)C. The molecule has 0 rings (SSSR count). The van der Waals surface area contributed by atoms with Gasteiger partial charge in [-0.15, -0.1) is 0 Å². The Labute approximate surface area is 119 Å². The van der Waals surface area contributed by atoms with Gasteiger partial charge in [-0.25, -0.2) is 0 Å². The molecule has 0 fully saturated rings. The van der Waals surface area contributed by atoms with Gasteiger partial charge in [-0.2, -0.15) is 0 Å². The zero-order chi connectivity index (χ0) is 15.4. The van der Waals surface area contributed by atoms with Crippen LogP contribution in [0.15, 0.2) is 12.2 Å². The summed E-state index contributed by atoms with van der Waals surface area (Å²) in [5.41, 5.74) is 0. The van der Waals surface area contributed by atoms with Crippen molar-refractivity contribution < 1.29 is 14.3 Å². The molecule has 0 saturated heterocycles. The van der Waals surface area contributed by atoms with Gasteiger partial charge in [-0.3, -0.25) is 4.79 Å². The number of rotatable bonds is 6. The molecule has 4 heteroatoms. The monoisotopic (exact) mass is 286 g/mol. The first-order valence-electron chi connectivity index (χ1n) is 6.96. The topological polar surface area (TPSA) is 46.5 Å². The summed E-state index contributed by atoms with van der Waals surface area (Å²) >= 11 is 0. The van der Waals surface area contributed by atoms with Gasteiger partial charge in [-0.1, -0.05) is 39.8 Å². The molecular formula is C15H30O3Si. The third-order valence-corrected chi connectivity index (χ3v) is 8.58. The summed E-state index contributed by atoms with van der Waals surface area (Å²) in [6, 6.07) is 0. The lowest BCUT2D eigenvalue weighted by Gasteiger charge is -2.38. The molecule has 3 nitrogen and oxygen atoms in total. The van der Waals surface area contributed by atoms with Crippen molar-refractivity contribution in [1.82, 2.24) is 0 Å².